The van der Waals surface area contributed by atoms with Crippen molar-refractivity contribution in [3.8, 4) is 23.8 Å². The number of hydrazone groups is 1. The number of nitrogens with one attached hydrogen (secondary N) is 1. The lowest BCUT2D eigenvalue weighted by Gasteiger charge is -2.08. The summed E-state index contributed by atoms with van der Waals surface area (Å²) in [5.41, 5.74) is 3.62. The van der Waals surface area contributed by atoms with E-state index in [1.807, 2.05) is 31.2 Å². The van der Waals surface area contributed by atoms with Gasteiger partial charge in [0.2, 0.25) is 0 Å². The molecular formula is C19H18N2O3. The van der Waals surface area contributed by atoms with Gasteiger partial charge < -0.3 is 9.47 Å². The number of ether oxygens (including phenoxy) is 2. The predicted octanol–water partition coefficient (Wildman–Crippen LogP) is 2.86. The maximum Gasteiger partial charge on any atom is 0.275 e. The van der Waals surface area contributed by atoms with Gasteiger partial charge in [-0.1, -0.05) is 30.2 Å². The molecule has 24 heavy (non-hydrogen) atoms. The van der Waals surface area contributed by atoms with Crippen LogP contribution in [0.1, 0.15) is 22.8 Å². The largest absolute Gasteiger partial charge is 0.493 e. The minimum absolute atomic E-state index is 0.166. The molecule has 5 nitrogen and oxygen atoms in total. The number of para-hydroxylation sites is 2. The van der Waals surface area contributed by atoms with E-state index < -0.39 is 0 Å². The van der Waals surface area contributed by atoms with Crippen LogP contribution in [0.15, 0.2) is 53.6 Å². The smallest absolute Gasteiger partial charge is 0.275 e. The Kier molecular flexibility index (Phi) is 6.42. The van der Waals surface area contributed by atoms with Gasteiger partial charge in [-0.05, 0) is 31.2 Å². The minimum Gasteiger partial charge on any atom is -0.493 e. The zero-order chi connectivity index (χ0) is 17.2. The van der Waals surface area contributed by atoms with Gasteiger partial charge in [0.05, 0.1) is 18.4 Å². The van der Waals surface area contributed by atoms with E-state index in [0.29, 0.717) is 29.2 Å². The van der Waals surface area contributed by atoms with Crippen molar-refractivity contribution in [2.75, 3.05) is 13.2 Å². The van der Waals surface area contributed by atoms with Gasteiger partial charge in [-0.25, -0.2) is 5.43 Å². The maximum absolute atomic E-state index is 12.2. The Bertz CT molecular complexity index is 763. The van der Waals surface area contributed by atoms with Crippen LogP contribution >= 0.6 is 0 Å². The molecule has 0 aliphatic carbocycles. The highest BCUT2D eigenvalue weighted by atomic mass is 16.5. The molecule has 0 unspecified atom stereocenters. The molecule has 122 valence electrons. The van der Waals surface area contributed by atoms with Crippen molar-refractivity contribution in [1.82, 2.24) is 5.43 Å². The average Bonchev–Trinajstić information content (AvgIpc) is 2.61. The molecule has 0 heterocycles. The summed E-state index contributed by atoms with van der Waals surface area (Å²) >= 11 is 0. The number of carbonyl (C=O) groups is 1. The van der Waals surface area contributed by atoms with Crippen LogP contribution in [-0.4, -0.2) is 25.3 Å². The summed E-state index contributed by atoms with van der Waals surface area (Å²) in [6, 6.07) is 14.3. The number of hydrogen-bond acceptors (Lipinski definition) is 4. The topological polar surface area (TPSA) is 59.9 Å². The molecule has 0 aliphatic heterocycles. The molecule has 2 rings (SSSR count). The average molecular weight is 322 g/mol. The number of rotatable bonds is 7. The monoisotopic (exact) mass is 322 g/mol. The van der Waals surface area contributed by atoms with Crippen molar-refractivity contribution in [1.29, 1.82) is 0 Å². The second kappa shape index (κ2) is 9.01. The van der Waals surface area contributed by atoms with Crippen molar-refractivity contribution in [2.24, 2.45) is 5.10 Å². The molecule has 1 N–H and O–H groups in total. The van der Waals surface area contributed by atoms with Crippen molar-refractivity contribution in [2.45, 2.75) is 6.92 Å². The third-order valence-corrected chi connectivity index (χ3v) is 3.03. The van der Waals surface area contributed by atoms with Crippen LogP contribution in [0.5, 0.6) is 11.5 Å². The van der Waals surface area contributed by atoms with Gasteiger partial charge in [-0.2, -0.15) is 5.10 Å². The van der Waals surface area contributed by atoms with Crippen LogP contribution in [0.3, 0.4) is 0 Å². The fourth-order valence-corrected chi connectivity index (χ4v) is 1.99. The lowest BCUT2D eigenvalue weighted by molar-refractivity contribution is 0.0951. The highest BCUT2D eigenvalue weighted by Gasteiger charge is 2.10. The Hall–Kier alpha value is -3.26. The summed E-state index contributed by atoms with van der Waals surface area (Å²) in [6.45, 7) is 2.51. The molecule has 2 aromatic carbocycles. The van der Waals surface area contributed by atoms with E-state index >= 15 is 0 Å². The quantitative estimate of drug-likeness (QED) is 0.484. The maximum atomic E-state index is 12.2. The van der Waals surface area contributed by atoms with Crippen molar-refractivity contribution >= 4 is 12.1 Å². The van der Waals surface area contributed by atoms with Crippen LogP contribution in [0.2, 0.25) is 0 Å². The zero-order valence-corrected chi connectivity index (χ0v) is 13.4. The fraction of sp³-hybridized carbons (Fsp3) is 0.158. The Morgan fingerprint density at radius 1 is 1.17 bits per heavy atom. The number of carbonyl (C=O) groups excluding carboxylic acids is 1. The number of hydrogen-bond donors (Lipinski definition) is 1. The normalized spacial score (nSPS) is 10.2. The molecule has 0 atom stereocenters. The zero-order valence-electron chi connectivity index (χ0n) is 13.4. The fourth-order valence-electron chi connectivity index (χ4n) is 1.99. The van der Waals surface area contributed by atoms with Gasteiger partial charge in [0, 0.05) is 5.56 Å². The van der Waals surface area contributed by atoms with Gasteiger partial charge in [-0.3, -0.25) is 4.79 Å². The molecule has 1 amide bonds. The first-order valence-electron chi connectivity index (χ1n) is 7.46. The van der Waals surface area contributed by atoms with Crippen molar-refractivity contribution in [3.05, 3.63) is 59.7 Å². The number of nitrogens with zero attached hydrogens (tertiary/aromatic N) is 1. The minimum atomic E-state index is -0.350. The summed E-state index contributed by atoms with van der Waals surface area (Å²) in [5, 5.41) is 3.98. The standard InChI is InChI=1S/C19H18N2O3/c1-3-13-24-17-11-7-5-9-15(17)14-20-21-19(22)16-10-6-8-12-18(16)23-4-2/h1,5-12,14H,4,13H2,2H3,(H,21,22)/b20-14-. The summed E-state index contributed by atoms with van der Waals surface area (Å²) in [7, 11) is 0. The van der Waals surface area contributed by atoms with Crippen molar-refractivity contribution in [3.63, 3.8) is 0 Å². The first-order chi connectivity index (χ1) is 11.8. The summed E-state index contributed by atoms with van der Waals surface area (Å²) < 4.78 is 10.9. The molecule has 0 fully saturated rings. The van der Waals surface area contributed by atoms with E-state index in [1.54, 1.807) is 24.3 Å². The third kappa shape index (κ3) is 4.62. The van der Waals surface area contributed by atoms with E-state index in [1.165, 1.54) is 6.21 Å². The van der Waals surface area contributed by atoms with Gasteiger partial charge in [0.1, 0.15) is 18.1 Å². The van der Waals surface area contributed by atoms with E-state index in [4.69, 9.17) is 15.9 Å². The molecular weight excluding hydrogens is 304 g/mol. The summed E-state index contributed by atoms with van der Waals surface area (Å²) in [4.78, 5) is 12.2. The highest BCUT2D eigenvalue weighted by Crippen LogP contribution is 2.18. The lowest BCUT2D eigenvalue weighted by atomic mass is 10.2. The van der Waals surface area contributed by atoms with Crippen LogP contribution < -0.4 is 14.9 Å². The molecule has 5 heteroatoms. The molecule has 0 aliphatic rings. The second-order valence-corrected chi connectivity index (χ2v) is 4.66. The molecule has 2 aromatic rings. The molecule has 0 spiro atoms. The number of amides is 1. The highest BCUT2D eigenvalue weighted by molar-refractivity contribution is 5.97. The molecule has 0 aromatic heterocycles. The van der Waals surface area contributed by atoms with Crippen LogP contribution in [0, 0.1) is 12.3 Å². The number of benzene rings is 2. The van der Waals surface area contributed by atoms with Gasteiger partial charge in [0.25, 0.3) is 5.91 Å². The Morgan fingerprint density at radius 3 is 2.62 bits per heavy atom. The SMILES string of the molecule is C#CCOc1ccccc1/C=N\NC(=O)c1ccccc1OCC. The first-order valence-corrected chi connectivity index (χ1v) is 7.46. The molecule has 0 saturated heterocycles. The molecule has 0 bridgehead atoms. The Morgan fingerprint density at radius 2 is 1.88 bits per heavy atom. The van der Waals surface area contributed by atoms with Gasteiger partial charge in [0.15, 0.2) is 0 Å². The molecule has 0 radical (unpaired) electrons. The summed E-state index contributed by atoms with van der Waals surface area (Å²) in [5.74, 6) is 3.18. The van der Waals surface area contributed by atoms with E-state index in [-0.39, 0.29) is 12.5 Å². The van der Waals surface area contributed by atoms with E-state index in [9.17, 15) is 4.79 Å². The Labute approximate surface area is 141 Å². The second-order valence-electron chi connectivity index (χ2n) is 4.66. The third-order valence-electron chi connectivity index (χ3n) is 3.03. The predicted molar refractivity (Wildman–Crippen MR) is 93.4 cm³/mol. The van der Waals surface area contributed by atoms with E-state index in [0.717, 1.165) is 0 Å². The van der Waals surface area contributed by atoms with E-state index in [2.05, 4.69) is 16.4 Å². The van der Waals surface area contributed by atoms with Gasteiger partial charge >= 0.3 is 0 Å². The van der Waals surface area contributed by atoms with Crippen LogP contribution in [0.4, 0.5) is 0 Å². The lowest BCUT2D eigenvalue weighted by Crippen LogP contribution is -2.18. The van der Waals surface area contributed by atoms with Gasteiger partial charge in [-0.15, -0.1) is 6.42 Å². The van der Waals surface area contributed by atoms with Crippen LogP contribution in [-0.2, 0) is 0 Å². The Balaban J connectivity index is 2.07. The first kappa shape index (κ1) is 17.1. The van der Waals surface area contributed by atoms with Crippen molar-refractivity contribution < 1.29 is 14.3 Å². The molecule has 0 saturated carbocycles. The summed E-state index contributed by atoms with van der Waals surface area (Å²) in [6.07, 6.45) is 6.70. The van der Waals surface area contributed by atoms with Crippen LogP contribution in [0.25, 0.3) is 0 Å². The number of terminal acetylenes is 1.